The summed E-state index contributed by atoms with van der Waals surface area (Å²) >= 11 is 0. The van der Waals surface area contributed by atoms with Gasteiger partial charge in [-0.3, -0.25) is 19.1 Å². The van der Waals surface area contributed by atoms with E-state index in [0.717, 1.165) is 11.1 Å². The van der Waals surface area contributed by atoms with Gasteiger partial charge in [0, 0.05) is 31.3 Å². The summed E-state index contributed by atoms with van der Waals surface area (Å²) < 4.78 is 3.19. The van der Waals surface area contributed by atoms with Crippen LogP contribution >= 0.6 is 0 Å². The second-order valence-electron chi connectivity index (χ2n) is 5.64. The molecular weight excluding hydrogens is 318 g/mol. The number of nitrogens with one attached hydrogen (secondary N) is 1. The van der Waals surface area contributed by atoms with Gasteiger partial charge < -0.3 is 9.72 Å². The summed E-state index contributed by atoms with van der Waals surface area (Å²) in [5, 5.41) is 2.81. The maximum absolute atomic E-state index is 12.7. The Morgan fingerprint density at radius 1 is 1.08 bits per heavy atom. The lowest BCUT2D eigenvalue weighted by Gasteiger charge is -2.11. The third-order valence-electron chi connectivity index (χ3n) is 4.01. The second-order valence-corrected chi connectivity index (χ2v) is 5.64. The van der Waals surface area contributed by atoms with Crippen molar-refractivity contribution in [3.8, 4) is 0 Å². The number of rotatable bonds is 4. The van der Waals surface area contributed by atoms with E-state index in [1.54, 1.807) is 41.2 Å². The molecule has 1 N–H and O–H groups in total. The van der Waals surface area contributed by atoms with Gasteiger partial charge in [-0.1, -0.05) is 6.07 Å². The number of nitrogens with zero attached hydrogens (tertiary/aromatic N) is 4. The average Bonchev–Trinajstić information content (AvgIpc) is 3.14. The molecule has 0 radical (unpaired) electrons. The first-order valence-electron chi connectivity index (χ1n) is 7.84. The van der Waals surface area contributed by atoms with Gasteiger partial charge in [-0.15, -0.1) is 0 Å². The number of hydrogen-bond donors (Lipinski definition) is 1. The summed E-state index contributed by atoms with van der Waals surface area (Å²) in [5.74, 6) is -0.256. The summed E-state index contributed by atoms with van der Waals surface area (Å²) in [4.78, 5) is 33.4. The summed E-state index contributed by atoms with van der Waals surface area (Å²) in [6.07, 6.45) is 6.79. The molecule has 0 saturated heterocycles. The molecule has 0 fully saturated rings. The zero-order valence-electron chi connectivity index (χ0n) is 13.3. The first kappa shape index (κ1) is 15.1. The molecule has 124 valence electrons. The van der Waals surface area contributed by atoms with Crippen molar-refractivity contribution >= 4 is 22.6 Å². The third kappa shape index (κ3) is 2.76. The van der Waals surface area contributed by atoms with E-state index in [-0.39, 0.29) is 18.0 Å². The van der Waals surface area contributed by atoms with Gasteiger partial charge in [0.15, 0.2) is 5.65 Å². The minimum Gasteiger partial charge on any atom is -0.350 e. The predicted molar refractivity (Wildman–Crippen MR) is 93.0 cm³/mol. The molecule has 0 spiro atoms. The van der Waals surface area contributed by atoms with E-state index < -0.39 is 0 Å². The molecule has 0 unspecified atom stereocenters. The fourth-order valence-electron chi connectivity index (χ4n) is 2.83. The molecule has 25 heavy (non-hydrogen) atoms. The van der Waals surface area contributed by atoms with Gasteiger partial charge in [-0.05, 0) is 35.9 Å². The molecule has 4 heterocycles. The Kier molecular flexibility index (Phi) is 3.74. The van der Waals surface area contributed by atoms with Crippen LogP contribution in [-0.4, -0.2) is 24.8 Å². The lowest BCUT2D eigenvalue weighted by molar-refractivity contribution is -0.121. The summed E-state index contributed by atoms with van der Waals surface area (Å²) in [5.41, 5.74) is 2.43. The molecule has 7 heteroatoms. The second kappa shape index (κ2) is 6.20. The van der Waals surface area contributed by atoms with Crippen LogP contribution < -0.4 is 10.9 Å². The maximum Gasteiger partial charge on any atom is 0.276 e. The number of pyridine rings is 2. The van der Waals surface area contributed by atoms with E-state index >= 15 is 0 Å². The summed E-state index contributed by atoms with van der Waals surface area (Å²) in [6, 6.07) is 10.9. The Balaban J connectivity index is 1.67. The number of hydrogen-bond acceptors (Lipinski definition) is 4. The summed E-state index contributed by atoms with van der Waals surface area (Å²) in [6.45, 7) is 0.272. The Morgan fingerprint density at radius 3 is 2.76 bits per heavy atom. The minimum absolute atomic E-state index is 0.0890. The maximum atomic E-state index is 12.7. The van der Waals surface area contributed by atoms with E-state index in [9.17, 15) is 9.59 Å². The Hall–Kier alpha value is -3.48. The lowest BCUT2D eigenvalue weighted by atomic mass is 10.3. The molecule has 4 aromatic heterocycles. The standard InChI is InChI=1S/C18H15N5O2/c24-16(21-11-13-4-1-7-19-10-13)12-23-17-14(5-2-8-20-17)22-9-3-6-15(22)18(23)25/h1-10H,11-12H2,(H,21,24). The molecular formula is C18H15N5O2. The molecule has 7 nitrogen and oxygen atoms in total. The number of carbonyl (C=O) groups excluding carboxylic acids is 1. The Bertz CT molecular complexity index is 1110. The summed E-state index contributed by atoms with van der Waals surface area (Å²) in [7, 11) is 0. The van der Waals surface area contributed by atoms with E-state index in [4.69, 9.17) is 0 Å². The topological polar surface area (TPSA) is 81.3 Å². The predicted octanol–water partition coefficient (Wildman–Crippen LogP) is 1.36. The lowest BCUT2D eigenvalue weighted by Crippen LogP contribution is -2.33. The highest BCUT2D eigenvalue weighted by molar-refractivity contribution is 5.80. The SMILES string of the molecule is O=C(Cn1c(=O)c2cccn2c2cccnc21)NCc1cccnc1. The van der Waals surface area contributed by atoms with Gasteiger partial charge in [-0.25, -0.2) is 4.98 Å². The van der Waals surface area contributed by atoms with Crippen LogP contribution in [0.2, 0.25) is 0 Å². The van der Waals surface area contributed by atoms with Crippen LogP contribution in [0.1, 0.15) is 5.56 Å². The normalized spacial score (nSPS) is 11.0. The fraction of sp³-hybridized carbons (Fsp3) is 0.111. The van der Waals surface area contributed by atoms with Crippen molar-refractivity contribution in [2.75, 3.05) is 0 Å². The Morgan fingerprint density at radius 2 is 1.92 bits per heavy atom. The molecule has 0 aliphatic carbocycles. The van der Waals surface area contributed by atoms with Crippen molar-refractivity contribution in [3.63, 3.8) is 0 Å². The number of amides is 1. The minimum atomic E-state index is -0.256. The van der Waals surface area contributed by atoms with Gasteiger partial charge in [0.2, 0.25) is 5.91 Å². The van der Waals surface area contributed by atoms with Crippen LogP contribution in [0.3, 0.4) is 0 Å². The highest BCUT2D eigenvalue weighted by Gasteiger charge is 2.13. The van der Waals surface area contributed by atoms with E-state index in [0.29, 0.717) is 17.7 Å². The fourth-order valence-corrected chi connectivity index (χ4v) is 2.83. The van der Waals surface area contributed by atoms with Crippen LogP contribution in [-0.2, 0) is 17.9 Å². The van der Waals surface area contributed by atoms with Crippen molar-refractivity contribution < 1.29 is 4.79 Å². The van der Waals surface area contributed by atoms with Crippen LogP contribution in [0, 0.1) is 0 Å². The van der Waals surface area contributed by atoms with E-state index in [1.165, 1.54) is 4.57 Å². The molecule has 0 bridgehead atoms. The zero-order valence-corrected chi connectivity index (χ0v) is 13.3. The quantitative estimate of drug-likeness (QED) is 0.611. The van der Waals surface area contributed by atoms with Crippen LogP contribution in [0.5, 0.6) is 0 Å². The van der Waals surface area contributed by atoms with Crippen molar-refractivity contribution in [2.45, 2.75) is 13.1 Å². The molecule has 4 aromatic rings. The monoisotopic (exact) mass is 333 g/mol. The molecule has 4 rings (SSSR count). The van der Waals surface area contributed by atoms with Gasteiger partial charge in [0.05, 0.1) is 5.52 Å². The van der Waals surface area contributed by atoms with Gasteiger partial charge >= 0.3 is 0 Å². The number of carbonyl (C=O) groups is 1. The van der Waals surface area contributed by atoms with E-state index in [1.807, 2.05) is 24.4 Å². The average molecular weight is 333 g/mol. The molecule has 0 aliphatic heterocycles. The van der Waals surface area contributed by atoms with Gasteiger partial charge in [0.1, 0.15) is 12.1 Å². The van der Waals surface area contributed by atoms with Crippen LogP contribution in [0.4, 0.5) is 0 Å². The van der Waals surface area contributed by atoms with Gasteiger partial charge in [0.25, 0.3) is 5.56 Å². The third-order valence-corrected chi connectivity index (χ3v) is 4.01. The van der Waals surface area contributed by atoms with Crippen molar-refractivity contribution in [2.24, 2.45) is 0 Å². The van der Waals surface area contributed by atoms with Crippen molar-refractivity contribution in [1.29, 1.82) is 0 Å². The molecule has 1 amide bonds. The van der Waals surface area contributed by atoms with Crippen LogP contribution in [0.25, 0.3) is 16.7 Å². The largest absolute Gasteiger partial charge is 0.350 e. The molecule has 0 aliphatic rings. The first-order valence-corrected chi connectivity index (χ1v) is 7.84. The Labute approximate surface area is 142 Å². The van der Waals surface area contributed by atoms with Crippen LogP contribution in [0.15, 0.2) is 66.0 Å². The number of aromatic nitrogens is 4. The number of fused-ring (bicyclic) bond motifs is 3. The highest BCUT2D eigenvalue weighted by atomic mass is 16.2. The van der Waals surface area contributed by atoms with Gasteiger partial charge in [-0.2, -0.15) is 0 Å². The van der Waals surface area contributed by atoms with Crippen molar-refractivity contribution in [3.05, 3.63) is 77.1 Å². The molecule has 0 atom stereocenters. The zero-order chi connectivity index (χ0) is 17.2. The highest BCUT2D eigenvalue weighted by Crippen LogP contribution is 2.12. The molecule has 0 aromatic carbocycles. The van der Waals surface area contributed by atoms with Crippen molar-refractivity contribution in [1.82, 2.24) is 24.3 Å². The van der Waals surface area contributed by atoms with E-state index in [2.05, 4.69) is 15.3 Å². The molecule has 0 saturated carbocycles. The first-order chi connectivity index (χ1) is 12.2. The smallest absolute Gasteiger partial charge is 0.276 e.